The third-order valence-corrected chi connectivity index (χ3v) is 2.64. The minimum Gasteiger partial charge on any atom is -0.384 e. The Kier molecular flexibility index (Phi) is 2.71. The zero-order valence-electron chi connectivity index (χ0n) is 8.70. The van der Waals surface area contributed by atoms with E-state index >= 15 is 0 Å². The summed E-state index contributed by atoms with van der Waals surface area (Å²) in [5.74, 6) is -0.417. The van der Waals surface area contributed by atoms with E-state index in [1.807, 2.05) is 0 Å². The lowest BCUT2D eigenvalue weighted by molar-refractivity contribution is 0.0559. The molecule has 1 aromatic heterocycles. The van der Waals surface area contributed by atoms with Crippen molar-refractivity contribution in [3.8, 4) is 0 Å². The Morgan fingerprint density at radius 1 is 1.60 bits per heavy atom. The maximum Gasteiger partial charge on any atom is 0.141 e. The van der Waals surface area contributed by atoms with Gasteiger partial charge in [0.2, 0.25) is 0 Å². The average molecular weight is 210 g/mol. The van der Waals surface area contributed by atoms with Gasteiger partial charge in [-0.2, -0.15) is 0 Å². The van der Waals surface area contributed by atoms with Crippen LogP contribution in [0.5, 0.6) is 0 Å². The summed E-state index contributed by atoms with van der Waals surface area (Å²) in [6, 6.07) is 1.85. The number of aromatic nitrogens is 1. The van der Waals surface area contributed by atoms with Crippen LogP contribution in [0.1, 0.15) is 25.3 Å². The van der Waals surface area contributed by atoms with E-state index in [2.05, 4.69) is 10.3 Å². The number of pyridine rings is 1. The van der Waals surface area contributed by atoms with Crippen LogP contribution >= 0.6 is 0 Å². The van der Waals surface area contributed by atoms with Gasteiger partial charge in [0.1, 0.15) is 11.4 Å². The molecule has 1 unspecified atom stereocenters. The van der Waals surface area contributed by atoms with Gasteiger partial charge >= 0.3 is 0 Å². The second kappa shape index (κ2) is 3.87. The van der Waals surface area contributed by atoms with Gasteiger partial charge in [0, 0.05) is 24.3 Å². The SMILES string of the molecule is CC(O)(CNC1CC1)c1cncc(F)c1. The lowest BCUT2D eigenvalue weighted by Gasteiger charge is -2.23. The minimum atomic E-state index is -1.06. The van der Waals surface area contributed by atoms with Gasteiger partial charge in [0.15, 0.2) is 0 Å². The predicted molar refractivity (Wildman–Crippen MR) is 54.8 cm³/mol. The van der Waals surface area contributed by atoms with Gasteiger partial charge in [-0.15, -0.1) is 0 Å². The van der Waals surface area contributed by atoms with E-state index < -0.39 is 11.4 Å². The Labute approximate surface area is 88.3 Å². The molecule has 1 heterocycles. The highest BCUT2D eigenvalue weighted by Gasteiger charge is 2.28. The van der Waals surface area contributed by atoms with Crippen LogP contribution in [0.2, 0.25) is 0 Å². The molecule has 2 rings (SSSR count). The topological polar surface area (TPSA) is 45.1 Å². The van der Waals surface area contributed by atoms with Crippen molar-refractivity contribution in [2.24, 2.45) is 0 Å². The first-order valence-corrected chi connectivity index (χ1v) is 5.15. The summed E-state index contributed by atoms with van der Waals surface area (Å²) in [6.07, 6.45) is 4.96. The van der Waals surface area contributed by atoms with Crippen LogP contribution in [0.25, 0.3) is 0 Å². The molecule has 82 valence electrons. The largest absolute Gasteiger partial charge is 0.384 e. The van der Waals surface area contributed by atoms with E-state index in [0.29, 0.717) is 18.2 Å². The molecule has 15 heavy (non-hydrogen) atoms. The fourth-order valence-electron chi connectivity index (χ4n) is 1.44. The number of rotatable bonds is 4. The first-order chi connectivity index (χ1) is 7.08. The molecular weight excluding hydrogens is 195 g/mol. The zero-order chi connectivity index (χ0) is 10.9. The molecule has 2 N–H and O–H groups in total. The number of hydrogen-bond donors (Lipinski definition) is 2. The van der Waals surface area contributed by atoms with E-state index in [9.17, 15) is 9.50 Å². The van der Waals surface area contributed by atoms with Crippen molar-refractivity contribution in [3.63, 3.8) is 0 Å². The first-order valence-electron chi connectivity index (χ1n) is 5.15. The van der Waals surface area contributed by atoms with Crippen LogP contribution in [-0.4, -0.2) is 22.7 Å². The Balaban J connectivity index is 2.05. The molecule has 1 saturated carbocycles. The van der Waals surface area contributed by atoms with Crippen LogP contribution in [0.4, 0.5) is 4.39 Å². The van der Waals surface area contributed by atoms with E-state index in [1.54, 1.807) is 6.92 Å². The van der Waals surface area contributed by atoms with Crippen molar-refractivity contribution in [2.75, 3.05) is 6.54 Å². The molecule has 4 heteroatoms. The van der Waals surface area contributed by atoms with Gasteiger partial charge in [0.05, 0.1) is 6.20 Å². The Morgan fingerprint density at radius 2 is 2.33 bits per heavy atom. The maximum absolute atomic E-state index is 12.9. The smallest absolute Gasteiger partial charge is 0.141 e. The molecule has 1 aliphatic carbocycles. The molecule has 0 amide bonds. The van der Waals surface area contributed by atoms with Crippen LogP contribution in [0, 0.1) is 5.82 Å². The Hall–Kier alpha value is -1.00. The molecule has 3 nitrogen and oxygen atoms in total. The third kappa shape index (κ3) is 2.73. The van der Waals surface area contributed by atoms with Crippen molar-refractivity contribution in [2.45, 2.75) is 31.4 Å². The fraction of sp³-hybridized carbons (Fsp3) is 0.545. The summed E-state index contributed by atoms with van der Waals surface area (Å²) in [6.45, 7) is 2.10. The highest BCUT2D eigenvalue weighted by Crippen LogP contribution is 2.23. The molecule has 0 radical (unpaired) electrons. The Bertz CT molecular complexity index is 350. The van der Waals surface area contributed by atoms with Crippen molar-refractivity contribution in [3.05, 3.63) is 29.8 Å². The van der Waals surface area contributed by atoms with E-state index in [4.69, 9.17) is 0 Å². The van der Waals surface area contributed by atoms with Gasteiger partial charge in [0.25, 0.3) is 0 Å². The fourth-order valence-corrected chi connectivity index (χ4v) is 1.44. The molecule has 0 bridgehead atoms. The van der Waals surface area contributed by atoms with Crippen molar-refractivity contribution < 1.29 is 9.50 Å². The number of hydrogen-bond acceptors (Lipinski definition) is 3. The summed E-state index contributed by atoms with van der Waals surface area (Å²) >= 11 is 0. The van der Waals surface area contributed by atoms with Gasteiger partial charge in [-0.3, -0.25) is 4.98 Å². The highest BCUT2D eigenvalue weighted by atomic mass is 19.1. The summed E-state index contributed by atoms with van der Waals surface area (Å²) in [4.78, 5) is 3.73. The molecule has 1 atom stereocenters. The number of nitrogens with zero attached hydrogens (tertiary/aromatic N) is 1. The lowest BCUT2D eigenvalue weighted by Crippen LogP contribution is -2.36. The normalized spacial score (nSPS) is 19.9. The van der Waals surface area contributed by atoms with Crippen molar-refractivity contribution in [1.29, 1.82) is 0 Å². The molecule has 1 fully saturated rings. The molecule has 0 saturated heterocycles. The number of aliphatic hydroxyl groups is 1. The third-order valence-electron chi connectivity index (χ3n) is 2.64. The zero-order valence-corrected chi connectivity index (χ0v) is 8.70. The number of halogens is 1. The van der Waals surface area contributed by atoms with Crippen molar-refractivity contribution in [1.82, 2.24) is 10.3 Å². The van der Waals surface area contributed by atoms with Crippen LogP contribution in [0.15, 0.2) is 18.5 Å². The molecule has 0 aliphatic heterocycles. The Morgan fingerprint density at radius 3 is 2.93 bits per heavy atom. The van der Waals surface area contributed by atoms with E-state index in [0.717, 1.165) is 19.0 Å². The maximum atomic E-state index is 12.9. The number of nitrogens with one attached hydrogen (secondary N) is 1. The summed E-state index contributed by atoms with van der Waals surface area (Å²) in [7, 11) is 0. The second-order valence-corrected chi connectivity index (χ2v) is 4.32. The standard InChI is InChI=1S/C11H15FN2O/c1-11(15,7-14-10-2-3-10)8-4-9(12)6-13-5-8/h4-6,10,14-15H,2-3,7H2,1H3. The molecule has 1 aromatic rings. The minimum absolute atomic E-state index is 0.417. The van der Waals surface area contributed by atoms with Gasteiger partial charge in [-0.1, -0.05) is 0 Å². The van der Waals surface area contributed by atoms with Gasteiger partial charge in [-0.05, 0) is 25.8 Å². The second-order valence-electron chi connectivity index (χ2n) is 4.32. The van der Waals surface area contributed by atoms with E-state index in [1.165, 1.54) is 12.3 Å². The van der Waals surface area contributed by atoms with E-state index in [-0.39, 0.29) is 0 Å². The monoisotopic (exact) mass is 210 g/mol. The summed E-state index contributed by atoms with van der Waals surface area (Å²) < 4.78 is 12.9. The molecule has 0 aromatic carbocycles. The van der Waals surface area contributed by atoms with Gasteiger partial charge in [-0.25, -0.2) is 4.39 Å². The summed E-state index contributed by atoms with van der Waals surface area (Å²) in [5.41, 5.74) is -0.548. The van der Waals surface area contributed by atoms with Gasteiger partial charge < -0.3 is 10.4 Å². The first kappa shape index (κ1) is 10.5. The lowest BCUT2D eigenvalue weighted by atomic mass is 9.98. The summed E-state index contributed by atoms with van der Waals surface area (Å²) in [5, 5.41) is 13.3. The van der Waals surface area contributed by atoms with Crippen LogP contribution in [0.3, 0.4) is 0 Å². The van der Waals surface area contributed by atoms with Crippen LogP contribution in [-0.2, 0) is 5.60 Å². The highest BCUT2D eigenvalue weighted by molar-refractivity contribution is 5.18. The van der Waals surface area contributed by atoms with Crippen LogP contribution < -0.4 is 5.32 Å². The predicted octanol–water partition coefficient (Wildman–Crippen LogP) is 1.18. The quantitative estimate of drug-likeness (QED) is 0.784. The molecule has 1 aliphatic rings. The molecule has 0 spiro atoms. The van der Waals surface area contributed by atoms with Crippen molar-refractivity contribution >= 4 is 0 Å². The molecular formula is C11H15FN2O. The average Bonchev–Trinajstić information content (AvgIpc) is 2.98.